The maximum absolute atomic E-state index is 12.9. The van der Waals surface area contributed by atoms with Gasteiger partial charge in [0, 0.05) is 6.04 Å². The summed E-state index contributed by atoms with van der Waals surface area (Å²) in [7, 11) is 0. The number of rotatable bonds is 5. The largest absolute Gasteiger partial charge is 0.481 e. The number of carbonyl (C=O) groups is 2. The fourth-order valence-corrected chi connectivity index (χ4v) is 7.91. The van der Waals surface area contributed by atoms with Gasteiger partial charge in [0.1, 0.15) is 0 Å². The van der Waals surface area contributed by atoms with E-state index in [4.69, 9.17) is 0 Å². The zero-order valence-electron chi connectivity index (χ0n) is 19.7. The molecule has 1 heterocycles. The Morgan fingerprint density at radius 3 is 2.29 bits per heavy atom. The standard InChI is InChI=1S/C29H33NO4/c1-18-28(26(31)32,21-9-10-21)13-4-14-29(18,27(33)34)22-11-15-30(16-12-22)24-17-20-7-2-5-19-6-3-8-23(24)25(19)20/h2-8,14,18,21-22,24H,9-13,15-17H2,1H3,(H,31,32)(H,33,34)/t18?,24?,28?,29-/m1/s1. The summed E-state index contributed by atoms with van der Waals surface area (Å²) in [5, 5.41) is 23.5. The van der Waals surface area contributed by atoms with Gasteiger partial charge in [-0.2, -0.15) is 0 Å². The molecule has 3 aliphatic carbocycles. The van der Waals surface area contributed by atoms with Crippen LogP contribution < -0.4 is 0 Å². The molecule has 2 aromatic carbocycles. The van der Waals surface area contributed by atoms with E-state index in [0.717, 1.165) is 45.2 Å². The molecule has 4 aliphatic rings. The van der Waals surface area contributed by atoms with E-state index in [1.165, 1.54) is 21.9 Å². The van der Waals surface area contributed by atoms with Gasteiger partial charge in [-0.1, -0.05) is 55.5 Å². The number of piperidine rings is 1. The zero-order valence-corrected chi connectivity index (χ0v) is 19.7. The van der Waals surface area contributed by atoms with E-state index in [1.807, 2.05) is 19.1 Å². The van der Waals surface area contributed by atoms with Gasteiger partial charge in [-0.15, -0.1) is 0 Å². The van der Waals surface area contributed by atoms with Crippen LogP contribution in [0.25, 0.3) is 10.8 Å². The van der Waals surface area contributed by atoms with E-state index in [1.54, 1.807) is 0 Å². The van der Waals surface area contributed by atoms with E-state index in [2.05, 4.69) is 41.3 Å². The Hall–Kier alpha value is -2.66. The van der Waals surface area contributed by atoms with Crippen molar-refractivity contribution < 1.29 is 19.8 Å². The zero-order chi connectivity index (χ0) is 23.7. The molecule has 4 atom stereocenters. The molecule has 5 nitrogen and oxygen atoms in total. The van der Waals surface area contributed by atoms with Crippen LogP contribution in [0.4, 0.5) is 0 Å². The van der Waals surface area contributed by atoms with Crippen molar-refractivity contribution in [1.29, 1.82) is 0 Å². The highest BCUT2D eigenvalue weighted by Gasteiger charge is 2.64. The number of nitrogens with zero attached hydrogens (tertiary/aromatic N) is 1. The van der Waals surface area contributed by atoms with Gasteiger partial charge in [-0.3, -0.25) is 14.5 Å². The minimum absolute atomic E-state index is 0.0511. The molecular weight excluding hydrogens is 426 g/mol. The molecule has 0 radical (unpaired) electrons. The monoisotopic (exact) mass is 459 g/mol. The van der Waals surface area contributed by atoms with Crippen LogP contribution in [0.5, 0.6) is 0 Å². The van der Waals surface area contributed by atoms with Crippen molar-refractivity contribution in [2.75, 3.05) is 13.1 Å². The van der Waals surface area contributed by atoms with Crippen LogP contribution in [0.3, 0.4) is 0 Å². The number of benzene rings is 2. The minimum atomic E-state index is -1.11. The molecule has 0 amide bonds. The van der Waals surface area contributed by atoms with Crippen molar-refractivity contribution in [1.82, 2.24) is 4.90 Å². The van der Waals surface area contributed by atoms with Gasteiger partial charge in [-0.05, 0) is 91.3 Å². The quantitative estimate of drug-likeness (QED) is 0.594. The number of hydrogen-bond acceptors (Lipinski definition) is 3. The second kappa shape index (κ2) is 7.67. The molecule has 0 spiro atoms. The SMILES string of the molecule is CC1C(C(=O)O)(C2CC2)CC=C[C@]1(C(=O)O)C1CCN(C2Cc3cccc4cccc2c34)CC1. The second-order valence-corrected chi connectivity index (χ2v) is 11.1. The third-order valence-electron chi connectivity index (χ3n) is 9.85. The maximum Gasteiger partial charge on any atom is 0.314 e. The minimum Gasteiger partial charge on any atom is -0.481 e. The van der Waals surface area contributed by atoms with Crippen molar-refractivity contribution in [2.45, 2.75) is 51.5 Å². The summed E-state index contributed by atoms with van der Waals surface area (Å²) in [6, 6.07) is 13.5. The molecule has 0 bridgehead atoms. The average Bonchev–Trinajstić information content (AvgIpc) is 3.62. The first kappa shape index (κ1) is 21.8. The normalized spacial score (nSPS) is 33.9. The van der Waals surface area contributed by atoms with E-state index in [-0.39, 0.29) is 11.8 Å². The van der Waals surface area contributed by atoms with Crippen molar-refractivity contribution in [2.24, 2.45) is 28.6 Å². The average molecular weight is 460 g/mol. The lowest BCUT2D eigenvalue weighted by Gasteiger charge is -2.52. The number of allylic oxidation sites excluding steroid dienone is 1. The summed E-state index contributed by atoms with van der Waals surface area (Å²) >= 11 is 0. The van der Waals surface area contributed by atoms with Crippen LogP contribution in [-0.2, 0) is 16.0 Å². The Balaban J connectivity index is 1.27. The van der Waals surface area contributed by atoms with E-state index < -0.39 is 28.7 Å². The summed E-state index contributed by atoms with van der Waals surface area (Å²) in [5.74, 6) is -2.04. The Bertz CT molecular complexity index is 1190. The van der Waals surface area contributed by atoms with Crippen LogP contribution in [-0.4, -0.2) is 40.1 Å². The van der Waals surface area contributed by atoms with Crippen LogP contribution in [0.1, 0.15) is 56.2 Å². The third kappa shape index (κ3) is 2.89. The molecule has 5 heteroatoms. The fourth-order valence-electron chi connectivity index (χ4n) is 7.91. The predicted octanol–water partition coefficient (Wildman–Crippen LogP) is 5.30. The number of carboxylic acid groups (broad SMARTS) is 2. The topological polar surface area (TPSA) is 77.8 Å². The van der Waals surface area contributed by atoms with Gasteiger partial charge in [-0.25, -0.2) is 0 Å². The molecular formula is C29H33NO4. The number of likely N-dealkylation sites (tertiary alicyclic amines) is 1. The maximum atomic E-state index is 12.9. The summed E-state index contributed by atoms with van der Waals surface area (Å²) in [4.78, 5) is 28.0. The Kier molecular flexibility index (Phi) is 4.93. The fraction of sp³-hybridized carbons (Fsp3) is 0.517. The summed E-state index contributed by atoms with van der Waals surface area (Å²) in [5.41, 5.74) is 0.738. The van der Waals surface area contributed by atoms with E-state index >= 15 is 0 Å². The van der Waals surface area contributed by atoms with Crippen LogP contribution >= 0.6 is 0 Å². The molecule has 2 fully saturated rings. The van der Waals surface area contributed by atoms with Gasteiger partial charge < -0.3 is 10.2 Å². The Morgan fingerprint density at radius 1 is 0.941 bits per heavy atom. The molecule has 1 aliphatic heterocycles. The van der Waals surface area contributed by atoms with Gasteiger partial charge in [0.05, 0.1) is 10.8 Å². The second-order valence-electron chi connectivity index (χ2n) is 11.1. The molecule has 2 aromatic rings. The lowest BCUT2D eigenvalue weighted by atomic mass is 9.51. The van der Waals surface area contributed by atoms with Crippen LogP contribution in [0.15, 0.2) is 48.6 Å². The lowest BCUT2D eigenvalue weighted by molar-refractivity contribution is -0.171. The van der Waals surface area contributed by atoms with E-state index in [0.29, 0.717) is 12.5 Å². The van der Waals surface area contributed by atoms with Gasteiger partial charge >= 0.3 is 11.9 Å². The number of carboxylic acids is 2. The highest BCUT2D eigenvalue weighted by molar-refractivity contribution is 5.91. The van der Waals surface area contributed by atoms with Crippen molar-refractivity contribution in [3.8, 4) is 0 Å². The molecule has 6 rings (SSSR count). The molecule has 2 N–H and O–H groups in total. The van der Waals surface area contributed by atoms with Crippen molar-refractivity contribution in [3.63, 3.8) is 0 Å². The Morgan fingerprint density at radius 2 is 1.65 bits per heavy atom. The molecule has 1 saturated carbocycles. The lowest BCUT2D eigenvalue weighted by Crippen LogP contribution is -2.56. The highest BCUT2D eigenvalue weighted by Crippen LogP contribution is 2.62. The molecule has 1 saturated heterocycles. The van der Waals surface area contributed by atoms with Crippen LogP contribution in [0, 0.1) is 28.6 Å². The number of hydrogen-bond donors (Lipinski definition) is 2. The first-order valence-corrected chi connectivity index (χ1v) is 12.8. The molecule has 3 unspecified atom stereocenters. The molecule has 178 valence electrons. The van der Waals surface area contributed by atoms with Crippen molar-refractivity contribution >= 4 is 22.7 Å². The molecule has 34 heavy (non-hydrogen) atoms. The van der Waals surface area contributed by atoms with Gasteiger partial charge in [0.15, 0.2) is 0 Å². The molecule has 0 aromatic heterocycles. The van der Waals surface area contributed by atoms with Crippen molar-refractivity contribution in [3.05, 3.63) is 59.7 Å². The van der Waals surface area contributed by atoms with Crippen LogP contribution in [0.2, 0.25) is 0 Å². The summed E-state index contributed by atoms with van der Waals surface area (Å²) < 4.78 is 0. The highest BCUT2D eigenvalue weighted by atomic mass is 16.4. The first-order chi connectivity index (χ1) is 16.4. The number of aliphatic carboxylic acids is 2. The first-order valence-electron chi connectivity index (χ1n) is 12.8. The van der Waals surface area contributed by atoms with Gasteiger partial charge in [0.25, 0.3) is 0 Å². The van der Waals surface area contributed by atoms with Gasteiger partial charge in [0.2, 0.25) is 0 Å². The third-order valence-corrected chi connectivity index (χ3v) is 9.85. The summed E-state index contributed by atoms with van der Waals surface area (Å²) in [6.45, 7) is 3.60. The predicted molar refractivity (Wildman–Crippen MR) is 130 cm³/mol. The van der Waals surface area contributed by atoms with E-state index in [9.17, 15) is 19.8 Å². The smallest absolute Gasteiger partial charge is 0.314 e. The summed E-state index contributed by atoms with van der Waals surface area (Å²) in [6.07, 6.45) is 8.56. The Labute approximate surface area is 200 Å².